The number of nitrogens with one attached hydrogen (secondary N) is 2. The van der Waals surface area contributed by atoms with Gasteiger partial charge in [0.2, 0.25) is 0 Å². The van der Waals surface area contributed by atoms with Gasteiger partial charge in [-0.15, -0.1) is 0 Å². The maximum atomic E-state index is 11.7. The highest BCUT2D eigenvalue weighted by molar-refractivity contribution is 5.74. The first kappa shape index (κ1) is 18.7. The van der Waals surface area contributed by atoms with Crippen molar-refractivity contribution in [2.75, 3.05) is 20.6 Å². The van der Waals surface area contributed by atoms with Crippen LogP contribution >= 0.6 is 0 Å². The molecule has 0 heterocycles. The first-order valence-corrected chi connectivity index (χ1v) is 7.17. The fraction of sp³-hybridized carbons (Fsp3) is 0.857. The zero-order valence-corrected chi connectivity index (χ0v) is 13.3. The van der Waals surface area contributed by atoms with Gasteiger partial charge >= 0.3 is 12.0 Å². The largest absolute Gasteiger partial charge is 0.481 e. The van der Waals surface area contributed by atoms with Crippen LogP contribution in [0.5, 0.6) is 0 Å². The van der Waals surface area contributed by atoms with Gasteiger partial charge in [-0.05, 0) is 40.8 Å². The van der Waals surface area contributed by atoms with E-state index in [4.69, 9.17) is 5.11 Å². The molecule has 0 saturated carbocycles. The number of carboxylic acid groups (broad SMARTS) is 1. The Bertz CT molecular complexity index is 308. The van der Waals surface area contributed by atoms with E-state index < -0.39 is 5.97 Å². The van der Waals surface area contributed by atoms with Crippen molar-refractivity contribution >= 4 is 12.0 Å². The average Bonchev–Trinajstić information content (AvgIpc) is 2.26. The third kappa shape index (κ3) is 9.61. The molecule has 0 aromatic carbocycles. The van der Waals surface area contributed by atoms with Crippen LogP contribution in [0.1, 0.15) is 40.0 Å². The minimum absolute atomic E-state index is 0.0440. The van der Waals surface area contributed by atoms with Gasteiger partial charge in [-0.1, -0.05) is 13.3 Å². The zero-order chi connectivity index (χ0) is 15.7. The fourth-order valence-electron chi connectivity index (χ4n) is 2.01. The molecule has 0 radical (unpaired) electrons. The monoisotopic (exact) mass is 287 g/mol. The summed E-state index contributed by atoms with van der Waals surface area (Å²) in [5.41, 5.74) is 0. The third-order valence-corrected chi connectivity index (χ3v) is 3.09. The van der Waals surface area contributed by atoms with Crippen molar-refractivity contribution in [1.82, 2.24) is 15.5 Å². The lowest BCUT2D eigenvalue weighted by Crippen LogP contribution is -2.47. The molecule has 0 fully saturated rings. The van der Waals surface area contributed by atoms with Crippen molar-refractivity contribution < 1.29 is 14.7 Å². The highest BCUT2D eigenvalue weighted by Gasteiger charge is 2.13. The Labute approximate surface area is 121 Å². The smallest absolute Gasteiger partial charge is 0.315 e. The van der Waals surface area contributed by atoms with Gasteiger partial charge in [0, 0.05) is 18.6 Å². The summed E-state index contributed by atoms with van der Waals surface area (Å²) in [4.78, 5) is 24.4. The standard InChI is InChI=1S/C14H29N3O3/c1-10(13(18)19)7-6-8-11(2)15-14(20)16-12(3)9-17(4)5/h10-12H,6-9H2,1-5H3,(H,18,19)(H2,15,16,20). The number of nitrogens with zero attached hydrogens (tertiary/aromatic N) is 1. The van der Waals surface area contributed by atoms with Crippen LogP contribution in [0, 0.1) is 5.92 Å². The van der Waals surface area contributed by atoms with E-state index >= 15 is 0 Å². The van der Waals surface area contributed by atoms with Gasteiger partial charge in [-0.3, -0.25) is 4.79 Å². The molecule has 6 heteroatoms. The van der Waals surface area contributed by atoms with Crippen LogP contribution in [-0.4, -0.2) is 54.7 Å². The molecule has 3 unspecified atom stereocenters. The second-order valence-corrected chi connectivity index (χ2v) is 5.85. The molecule has 2 amide bonds. The maximum Gasteiger partial charge on any atom is 0.315 e. The first-order chi connectivity index (χ1) is 9.22. The fourth-order valence-corrected chi connectivity index (χ4v) is 2.01. The Kier molecular flexibility index (Phi) is 8.96. The van der Waals surface area contributed by atoms with Crippen molar-refractivity contribution in [3.05, 3.63) is 0 Å². The predicted molar refractivity (Wildman–Crippen MR) is 79.8 cm³/mol. The van der Waals surface area contributed by atoms with Crippen molar-refractivity contribution in [1.29, 1.82) is 0 Å². The van der Waals surface area contributed by atoms with E-state index in [1.165, 1.54) is 0 Å². The van der Waals surface area contributed by atoms with Gasteiger partial charge in [0.1, 0.15) is 0 Å². The average molecular weight is 287 g/mol. The van der Waals surface area contributed by atoms with Gasteiger partial charge in [0.15, 0.2) is 0 Å². The molecule has 0 aliphatic heterocycles. The molecular formula is C14H29N3O3. The molecule has 118 valence electrons. The SMILES string of the molecule is CC(CCCC(C)C(=O)O)NC(=O)NC(C)CN(C)C. The molecule has 3 N–H and O–H groups in total. The van der Waals surface area contributed by atoms with Gasteiger partial charge in [0.25, 0.3) is 0 Å². The van der Waals surface area contributed by atoms with Crippen molar-refractivity contribution in [3.8, 4) is 0 Å². The summed E-state index contributed by atoms with van der Waals surface area (Å²) >= 11 is 0. The van der Waals surface area contributed by atoms with E-state index in [9.17, 15) is 9.59 Å². The summed E-state index contributed by atoms with van der Waals surface area (Å²) < 4.78 is 0. The summed E-state index contributed by atoms with van der Waals surface area (Å²) in [7, 11) is 3.92. The van der Waals surface area contributed by atoms with Crippen LogP contribution in [0.3, 0.4) is 0 Å². The second kappa shape index (κ2) is 9.58. The lowest BCUT2D eigenvalue weighted by Gasteiger charge is -2.20. The summed E-state index contributed by atoms with van der Waals surface area (Å²) in [6, 6.07) is -0.0371. The van der Waals surface area contributed by atoms with Crippen LogP contribution in [0.25, 0.3) is 0 Å². The molecule has 0 aliphatic rings. The number of likely N-dealkylation sites (N-methyl/N-ethyl adjacent to an activating group) is 1. The van der Waals surface area contributed by atoms with Crippen LogP contribution < -0.4 is 10.6 Å². The molecule has 6 nitrogen and oxygen atoms in total. The number of carboxylic acids is 1. The number of rotatable bonds is 9. The minimum Gasteiger partial charge on any atom is -0.481 e. The van der Waals surface area contributed by atoms with Crippen LogP contribution in [0.15, 0.2) is 0 Å². The summed E-state index contributed by atoms with van der Waals surface area (Å²) in [5.74, 6) is -1.09. The van der Waals surface area contributed by atoms with E-state index in [1.54, 1.807) is 6.92 Å². The Morgan fingerprint density at radius 3 is 2.10 bits per heavy atom. The van der Waals surface area contributed by atoms with E-state index in [2.05, 4.69) is 10.6 Å². The molecule has 0 rings (SSSR count). The number of carbonyl (C=O) groups is 2. The summed E-state index contributed by atoms with van der Waals surface area (Å²) in [6.07, 6.45) is 2.22. The van der Waals surface area contributed by atoms with E-state index in [0.29, 0.717) is 6.42 Å². The van der Waals surface area contributed by atoms with E-state index in [-0.39, 0.29) is 24.0 Å². The van der Waals surface area contributed by atoms with Crippen LogP contribution in [0.2, 0.25) is 0 Å². The van der Waals surface area contributed by atoms with Gasteiger partial charge < -0.3 is 20.6 Å². The second-order valence-electron chi connectivity index (χ2n) is 5.85. The number of amides is 2. The zero-order valence-electron chi connectivity index (χ0n) is 13.3. The minimum atomic E-state index is -0.763. The van der Waals surface area contributed by atoms with E-state index in [1.807, 2.05) is 32.8 Å². The van der Waals surface area contributed by atoms with E-state index in [0.717, 1.165) is 19.4 Å². The number of urea groups is 1. The molecule has 0 bridgehead atoms. The first-order valence-electron chi connectivity index (χ1n) is 7.17. The molecule has 0 saturated heterocycles. The molecule has 20 heavy (non-hydrogen) atoms. The topological polar surface area (TPSA) is 81.7 Å². The molecule has 0 aromatic heterocycles. The summed E-state index contributed by atoms with van der Waals surface area (Å²) in [5, 5.41) is 14.5. The molecular weight excluding hydrogens is 258 g/mol. The van der Waals surface area contributed by atoms with Crippen molar-refractivity contribution in [2.45, 2.75) is 52.1 Å². The molecule has 0 aliphatic carbocycles. The predicted octanol–water partition coefficient (Wildman–Crippen LogP) is 1.52. The number of hydrogen-bond acceptors (Lipinski definition) is 3. The molecule has 0 spiro atoms. The quantitative estimate of drug-likeness (QED) is 0.600. The number of hydrogen-bond donors (Lipinski definition) is 3. The van der Waals surface area contributed by atoms with Gasteiger partial charge in [0.05, 0.1) is 5.92 Å². The maximum absolute atomic E-state index is 11.7. The molecule has 0 aromatic rings. The Balaban J connectivity index is 3.82. The third-order valence-electron chi connectivity index (χ3n) is 3.09. The lowest BCUT2D eigenvalue weighted by molar-refractivity contribution is -0.141. The highest BCUT2D eigenvalue weighted by Crippen LogP contribution is 2.09. The van der Waals surface area contributed by atoms with Gasteiger partial charge in [-0.25, -0.2) is 4.79 Å². The normalized spacial score (nSPS) is 15.5. The Hall–Kier alpha value is -1.30. The number of aliphatic carboxylic acids is 1. The summed E-state index contributed by atoms with van der Waals surface area (Å²) in [6.45, 7) is 6.38. The number of carbonyl (C=O) groups excluding carboxylic acids is 1. The Morgan fingerprint density at radius 1 is 1.05 bits per heavy atom. The van der Waals surface area contributed by atoms with Gasteiger partial charge in [-0.2, -0.15) is 0 Å². The van der Waals surface area contributed by atoms with Crippen LogP contribution in [0.4, 0.5) is 4.79 Å². The van der Waals surface area contributed by atoms with Crippen molar-refractivity contribution in [3.63, 3.8) is 0 Å². The van der Waals surface area contributed by atoms with Crippen LogP contribution in [-0.2, 0) is 4.79 Å². The Morgan fingerprint density at radius 2 is 1.60 bits per heavy atom. The molecule has 3 atom stereocenters. The van der Waals surface area contributed by atoms with Crippen molar-refractivity contribution in [2.24, 2.45) is 5.92 Å². The highest BCUT2D eigenvalue weighted by atomic mass is 16.4. The lowest BCUT2D eigenvalue weighted by atomic mass is 10.0.